The highest BCUT2D eigenvalue weighted by atomic mass is 14.8. The highest BCUT2D eigenvalue weighted by molar-refractivity contribution is 4.88. The SMILES string of the molecule is CNCC(CC1CCCCC1C)C1CCC2CCCCC2C1. The van der Waals surface area contributed by atoms with Gasteiger partial charge in [0, 0.05) is 0 Å². The van der Waals surface area contributed by atoms with E-state index < -0.39 is 0 Å². The normalized spacial score (nSPS) is 40.9. The van der Waals surface area contributed by atoms with Crippen LogP contribution in [0.15, 0.2) is 0 Å². The maximum atomic E-state index is 3.54. The van der Waals surface area contributed by atoms with Crippen molar-refractivity contribution in [3.63, 3.8) is 0 Å². The molecule has 3 fully saturated rings. The Morgan fingerprint density at radius 1 is 0.864 bits per heavy atom. The monoisotopic (exact) mass is 305 g/mol. The third-order valence-electron chi connectivity index (χ3n) is 7.61. The molecule has 0 heterocycles. The average molecular weight is 306 g/mol. The molecule has 6 atom stereocenters. The van der Waals surface area contributed by atoms with Crippen molar-refractivity contribution in [3.05, 3.63) is 0 Å². The summed E-state index contributed by atoms with van der Waals surface area (Å²) in [6, 6.07) is 0. The first kappa shape index (κ1) is 16.8. The minimum Gasteiger partial charge on any atom is -0.319 e. The van der Waals surface area contributed by atoms with Crippen LogP contribution in [0.5, 0.6) is 0 Å². The van der Waals surface area contributed by atoms with Crippen molar-refractivity contribution >= 4 is 0 Å². The number of hydrogen-bond acceptors (Lipinski definition) is 1. The zero-order valence-corrected chi connectivity index (χ0v) is 15.2. The second kappa shape index (κ2) is 8.18. The summed E-state index contributed by atoms with van der Waals surface area (Å²) in [6.45, 7) is 3.80. The second-order valence-electron chi connectivity index (χ2n) is 8.95. The van der Waals surface area contributed by atoms with Crippen LogP contribution in [-0.2, 0) is 0 Å². The zero-order chi connectivity index (χ0) is 15.4. The standard InChI is InChI=1S/C21H39N/c1-16-7-3-4-9-18(16)13-21(15-22-2)20-12-11-17-8-5-6-10-19(17)14-20/h16-22H,3-15H2,1-2H3. The highest BCUT2D eigenvalue weighted by Crippen LogP contribution is 2.46. The van der Waals surface area contributed by atoms with Gasteiger partial charge in [0.15, 0.2) is 0 Å². The van der Waals surface area contributed by atoms with Gasteiger partial charge >= 0.3 is 0 Å². The number of nitrogens with one attached hydrogen (secondary N) is 1. The maximum Gasteiger partial charge on any atom is -0.00208 e. The van der Waals surface area contributed by atoms with Gasteiger partial charge in [0.1, 0.15) is 0 Å². The molecule has 3 saturated carbocycles. The van der Waals surface area contributed by atoms with Gasteiger partial charge in [-0.05, 0) is 74.8 Å². The average Bonchev–Trinajstić information content (AvgIpc) is 2.56. The molecule has 3 rings (SSSR count). The molecule has 0 aromatic rings. The largest absolute Gasteiger partial charge is 0.319 e. The van der Waals surface area contributed by atoms with E-state index in [1.165, 1.54) is 57.9 Å². The Balaban J connectivity index is 1.58. The Morgan fingerprint density at radius 2 is 1.59 bits per heavy atom. The summed E-state index contributed by atoms with van der Waals surface area (Å²) >= 11 is 0. The van der Waals surface area contributed by atoms with Crippen molar-refractivity contribution in [2.45, 2.75) is 84.0 Å². The molecule has 0 radical (unpaired) electrons. The van der Waals surface area contributed by atoms with Crippen LogP contribution in [0.3, 0.4) is 0 Å². The smallest absolute Gasteiger partial charge is 0.00208 e. The van der Waals surface area contributed by atoms with Crippen LogP contribution in [0.4, 0.5) is 0 Å². The predicted octanol–water partition coefficient (Wildman–Crippen LogP) is 5.64. The maximum absolute atomic E-state index is 3.54. The van der Waals surface area contributed by atoms with Crippen LogP contribution in [0, 0.1) is 35.5 Å². The fourth-order valence-corrected chi connectivity index (χ4v) is 6.17. The van der Waals surface area contributed by atoms with Crippen LogP contribution in [0.25, 0.3) is 0 Å². The Hall–Kier alpha value is -0.0400. The molecule has 3 aliphatic rings. The highest BCUT2D eigenvalue weighted by Gasteiger charge is 2.36. The molecular weight excluding hydrogens is 266 g/mol. The van der Waals surface area contributed by atoms with Gasteiger partial charge in [0.25, 0.3) is 0 Å². The van der Waals surface area contributed by atoms with E-state index in [2.05, 4.69) is 19.3 Å². The zero-order valence-electron chi connectivity index (χ0n) is 15.2. The van der Waals surface area contributed by atoms with Crippen LogP contribution >= 0.6 is 0 Å². The molecule has 0 aromatic heterocycles. The van der Waals surface area contributed by atoms with Crippen LogP contribution in [0.2, 0.25) is 0 Å². The van der Waals surface area contributed by atoms with E-state index in [1.807, 2.05) is 0 Å². The summed E-state index contributed by atoms with van der Waals surface area (Å²) in [5, 5.41) is 3.54. The Labute approximate surface area is 139 Å². The lowest BCUT2D eigenvalue weighted by atomic mass is 9.63. The van der Waals surface area contributed by atoms with Gasteiger partial charge in [-0.25, -0.2) is 0 Å². The first-order chi connectivity index (χ1) is 10.8. The van der Waals surface area contributed by atoms with Crippen molar-refractivity contribution in [1.29, 1.82) is 0 Å². The van der Waals surface area contributed by atoms with Gasteiger partial charge in [-0.1, -0.05) is 58.3 Å². The van der Waals surface area contributed by atoms with E-state index in [0.717, 1.165) is 35.5 Å². The number of rotatable bonds is 5. The molecule has 1 nitrogen and oxygen atoms in total. The lowest BCUT2D eigenvalue weighted by Crippen LogP contribution is -2.36. The fourth-order valence-electron chi connectivity index (χ4n) is 6.17. The molecule has 6 unspecified atom stereocenters. The molecule has 0 bridgehead atoms. The van der Waals surface area contributed by atoms with Crippen LogP contribution in [0.1, 0.15) is 84.0 Å². The first-order valence-electron chi connectivity index (χ1n) is 10.4. The summed E-state index contributed by atoms with van der Waals surface area (Å²) in [4.78, 5) is 0. The lowest BCUT2D eigenvalue weighted by molar-refractivity contribution is 0.0809. The van der Waals surface area contributed by atoms with E-state index in [4.69, 9.17) is 0 Å². The fraction of sp³-hybridized carbons (Fsp3) is 1.00. The second-order valence-corrected chi connectivity index (χ2v) is 8.95. The molecule has 0 saturated heterocycles. The van der Waals surface area contributed by atoms with Gasteiger partial charge in [-0.15, -0.1) is 0 Å². The summed E-state index contributed by atoms with van der Waals surface area (Å²) in [6.07, 6.45) is 18.3. The lowest BCUT2D eigenvalue weighted by Gasteiger charge is -2.43. The Kier molecular flexibility index (Phi) is 6.24. The van der Waals surface area contributed by atoms with Crippen LogP contribution in [-0.4, -0.2) is 13.6 Å². The summed E-state index contributed by atoms with van der Waals surface area (Å²) in [5.41, 5.74) is 0. The van der Waals surface area contributed by atoms with E-state index in [-0.39, 0.29) is 0 Å². The van der Waals surface area contributed by atoms with Gasteiger partial charge in [0.2, 0.25) is 0 Å². The van der Waals surface area contributed by atoms with Crippen molar-refractivity contribution in [1.82, 2.24) is 5.32 Å². The molecule has 1 heteroatoms. The van der Waals surface area contributed by atoms with Gasteiger partial charge in [-0.2, -0.15) is 0 Å². The molecule has 0 aromatic carbocycles. The quantitative estimate of drug-likeness (QED) is 0.692. The minimum atomic E-state index is 0.957. The third-order valence-corrected chi connectivity index (χ3v) is 7.61. The van der Waals surface area contributed by atoms with E-state index in [9.17, 15) is 0 Å². The minimum absolute atomic E-state index is 0.957. The van der Waals surface area contributed by atoms with Crippen molar-refractivity contribution in [2.24, 2.45) is 35.5 Å². The molecule has 0 amide bonds. The topological polar surface area (TPSA) is 12.0 Å². The number of fused-ring (bicyclic) bond motifs is 1. The van der Waals surface area contributed by atoms with E-state index in [0.29, 0.717) is 0 Å². The van der Waals surface area contributed by atoms with E-state index in [1.54, 1.807) is 25.7 Å². The molecule has 22 heavy (non-hydrogen) atoms. The predicted molar refractivity (Wildman–Crippen MR) is 95.9 cm³/mol. The Morgan fingerprint density at radius 3 is 2.36 bits per heavy atom. The Bertz CT molecular complexity index is 326. The van der Waals surface area contributed by atoms with Gasteiger partial charge in [0.05, 0.1) is 0 Å². The first-order valence-corrected chi connectivity index (χ1v) is 10.4. The summed E-state index contributed by atoms with van der Waals surface area (Å²) < 4.78 is 0. The molecule has 0 spiro atoms. The molecule has 128 valence electrons. The molecule has 1 N–H and O–H groups in total. The van der Waals surface area contributed by atoms with Crippen molar-refractivity contribution in [2.75, 3.05) is 13.6 Å². The van der Waals surface area contributed by atoms with Crippen molar-refractivity contribution in [3.8, 4) is 0 Å². The van der Waals surface area contributed by atoms with Crippen LogP contribution < -0.4 is 5.32 Å². The van der Waals surface area contributed by atoms with Crippen molar-refractivity contribution < 1.29 is 0 Å². The summed E-state index contributed by atoms with van der Waals surface area (Å²) in [7, 11) is 2.17. The number of hydrogen-bond donors (Lipinski definition) is 1. The third kappa shape index (κ3) is 4.08. The van der Waals surface area contributed by atoms with Gasteiger partial charge < -0.3 is 5.32 Å². The van der Waals surface area contributed by atoms with Gasteiger partial charge in [-0.3, -0.25) is 0 Å². The molecule has 0 aliphatic heterocycles. The summed E-state index contributed by atoms with van der Waals surface area (Å²) in [5.74, 6) is 6.19. The molecule has 3 aliphatic carbocycles. The van der Waals surface area contributed by atoms with E-state index >= 15 is 0 Å². The molecular formula is C21H39N.